The molecule has 0 saturated carbocycles. The SMILES string of the molecule is CCOc1cccc(CN2CCC[C@H](N(C)CCc3ccc(OC)c(OC)c3)C2)c1O. The van der Waals surface area contributed by atoms with Crippen molar-refractivity contribution >= 4 is 0 Å². The number of likely N-dealkylation sites (N-methyl/N-ethyl adjacent to an activating group) is 1. The zero-order valence-corrected chi connectivity index (χ0v) is 19.3. The van der Waals surface area contributed by atoms with Crippen molar-refractivity contribution in [2.45, 2.75) is 38.8 Å². The van der Waals surface area contributed by atoms with Gasteiger partial charge in [0.25, 0.3) is 0 Å². The molecule has 1 saturated heterocycles. The van der Waals surface area contributed by atoms with Gasteiger partial charge in [-0.15, -0.1) is 0 Å². The molecule has 6 nitrogen and oxygen atoms in total. The van der Waals surface area contributed by atoms with Crippen molar-refractivity contribution in [3.8, 4) is 23.0 Å². The van der Waals surface area contributed by atoms with E-state index in [9.17, 15) is 5.11 Å². The Bertz CT molecular complexity index is 842. The molecule has 2 aromatic rings. The molecular weight excluding hydrogens is 392 g/mol. The van der Waals surface area contributed by atoms with Gasteiger partial charge in [0.2, 0.25) is 0 Å². The van der Waals surface area contributed by atoms with E-state index in [-0.39, 0.29) is 5.75 Å². The molecule has 0 bridgehead atoms. The number of methoxy groups -OCH3 is 2. The molecule has 0 amide bonds. The fourth-order valence-corrected chi connectivity index (χ4v) is 4.27. The van der Waals surface area contributed by atoms with Crippen molar-refractivity contribution in [3.05, 3.63) is 47.5 Å². The van der Waals surface area contributed by atoms with Gasteiger partial charge in [0.1, 0.15) is 0 Å². The van der Waals surface area contributed by atoms with Crippen LogP contribution < -0.4 is 14.2 Å². The second-order valence-electron chi connectivity index (χ2n) is 8.15. The maximum atomic E-state index is 10.5. The van der Waals surface area contributed by atoms with Gasteiger partial charge in [0, 0.05) is 31.2 Å². The summed E-state index contributed by atoms with van der Waals surface area (Å²) in [6.07, 6.45) is 3.33. The number of aromatic hydroxyl groups is 1. The zero-order chi connectivity index (χ0) is 22.2. The zero-order valence-electron chi connectivity index (χ0n) is 19.3. The Morgan fingerprint density at radius 2 is 1.90 bits per heavy atom. The fraction of sp³-hybridized carbons (Fsp3) is 0.520. The van der Waals surface area contributed by atoms with Gasteiger partial charge in [-0.3, -0.25) is 4.90 Å². The van der Waals surface area contributed by atoms with Gasteiger partial charge in [0.15, 0.2) is 23.0 Å². The summed E-state index contributed by atoms with van der Waals surface area (Å²) >= 11 is 0. The van der Waals surface area contributed by atoms with Gasteiger partial charge in [-0.1, -0.05) is 18.2 Å². The molecule has 31 heavy (non-hydrogen) atoms. The Balaban J connectivity index is 1.56. The van der Waals surface area contributed by atoms with E-state index in [0.717, 1.165) is 56.1 Å². The highest BCUT2D eigenvalue weighted by molar-refractivity contribution is 5.45. The van der Waals surface area contributed by atoms with E-state index in [1.165, 1.54) is 12.0 Å². The Hall–Kier alpha value is -2.44. The average Bonchev–Trinajstić information content (AvgIpc) is 2.80. The minimum atomic E-state index is 0.272. The highest BCUT2D eigenvalue weighted by Crippen LogP contribution is 2.31. The lowest BCUT2D eigenvalue weighted by atomic mass is 10.0. The van der Waals surface area contributed by atoms with Crippen LogP contribution in [0.5, 0.6) is 23.0 Å². The molecule has 6 heteroatoms. The third-order valence-corrected chi connectivity index (χ3v) is 6.08. The van der Waals surface area contributed by atoms with Gasteiger partial charge in [-0.05, 0) is 63.5 Å². The average molecular weight is 429 g/mol. The topological polar surface area (TPSA) is 54.4 Å². The maximum Gasteiger partial charge on any atom is 0.162 e. The number of phenolic OH excluding ortho intramolecular Hbond substituents is 1. The molecule has 1 heterocycles. The molecular formula is C25H36N2O4. The fourth-order valence-electron chi connectivity index (χ4n) is 4.27. The lowest BCUT2D eigenvalue weighted by Crippen LogP contribution is -2.46. The molecule has 1 aliphatic heterocycles. The van der Waals surface area contributed by atoms with Crippen LogP contribution in [0.25, 0.3) is 0 Å². The summed E-state index contributed by atoms with van der Waals surface area (Å²) < 4.78 is 16.3. The summed E-state index contributed by atoms with van der Waals surface area (Å²) in [5.41, 5.74) is 2.18. The van der Waals surface area contributed by atoms with Crippen LogP contribution in [-0.4, -0.2) is 68.5 Å². The van der Waals surface area contributed by atoms with E-state index >= 15 is 0 Å². The van der Waals surface area contributed by atoms with E-state index in [1.807, 2.05) is 31.2 Å². The van der Waals surface area contributed by atoms with E-state index in [2.05, 4.69) is 29.0 Å². The number of benzene rings is 2. The minimum absolute atomic E-state index is 0.272. The summed E-state index contributed by atoms with van der Waals surface area (Å²) in [5.74, 6) is 2.38. The molecule has 1 fully saturated rings. The van der Waals surface area contributed by atoms with E-state index in [0.29, 0.717) is 18.4 Å². The lowest BCUT2D eigenvalue weighted by molar-refractivity contribution is 0.111. The number of hydrogen-bond donors (Lipinski definition) is 1. The van der Waals surface area contributed by atoms with E-state index in [4.69, 9.17) is 14.2 Å². The van der Waals surface area contributed by atoms with Gasteiger partial charge in [0.05, 0.1) is 20.8 Å². The molecule has 170 valence electrons. The van der Waals surface area contributed by atoms with Crippen LogP contribution in [0.2, 0.25) is 0 Å². The Morgan fingerprint density at radius 3 is 2.65 bits per heavy atom. The predicted molar refractivity (Wildman–Crippen MR) is 123 cm³/mol. The molecule has 0 aliphatic carbocycles. The van der Waals surface area contributed by atoms with E-state index in [1.54, 1.807) is 14.2 Å². The number of nitrogens with zero attached hydrogens (tertiary/aromatic N) is 2. The summed E-state index contributed by atoms with van der Waals surface area (Å²) in [4.78, 5) is 4.89. The van der Waals surface area contributed by atoms with Crippen LogP contribution in [-0.2, 0) is 13.0 Å². The van der Waals surface area contributed by atoms with Crippen LogP contribution in [0, 0.1) is 0 Å². The van der Waals surface area contributed by atoms with Gasteiger partial charge in [-0.25, -0.2) is 0 Å². The Kier molecular flexibility index (Phi) is 8.43. The normalized spacial score (nSPS) is 17.0. The third kappa shape index (κ3) is 6.05. The summed E-state index contributed by atoms with van der Waals surface area (Å²) in [6, 6.07) is 12.4. The van der Waals surface area contributed by atoms with Crippen LogP contribution in [0.1, 0.15) is 30.9 Å². The largest absolute Gasteiger partial charge is 0.504 e. The Morgan fingerprint density at radius 1 is 1.10 bits per heavy atom. The smallest absolute Gasteiger partial charge is 0.162 e. The highest BCUT2D eigenvalue weighted by Gasteiger charge is 2.24. The standard InChI is InChI=1S/C25H36N2O4/c1-5-31-23-10-6-8-20(25(23)28)17-27-14-7-9-21(18-27)26(2)15-13-19-11-12-22(29-3)24(16-19)30-4/h6,8,10-12,16,21,28H,5,7,9,13-15,17-18H2,1-4H3/t21-/m0/s1. The van der Waals surface area contributed by atoms with Gasteiger partial charge < -0.3 is 24.2 Å². The first-order valence-electron chi connectivity index (χ1n) is 11.1. The monoisotopic (exact) mass is 428 g/mol. The first-order valence-corrected chi connectivity index (χ1v) is 11.1. The second kappa shape index (κ2) is 11.3. The van der Waals surface area contributed by atoms with Crippen molar-refractivity contribution in [1.82, 2.24) is 9.80 Å². The van der Waals surface area contributed by atoms with E-state index < -0.39 is 0 Å². The number of para-hydroxylation sites is 1. The first-order chi connectivity index (χ1) is 15.0. The molecule has 0 spiro atoms. The van der Waals surface area contributed by atoms with Crippen molar-refractivity contribution in [2.75, 3.05) is 47.5 Å². The van der Waals surface area contributed by atoms with Crippen molar-refractivity contribution in [3.63, 3.8) is 0 Å². The predicted octanol–water partition coefficient (Wildman–Crippen LogP) is 3.95. The molecule has 2 aromatic carbocycles. The number of piperidine rings is 1. The van der Waals surface area contributed by atoms with Crippen LogP contribution in [0.3, 0.4) is 0 Å². The van der Waals surface area contributed by atoms with Crippen molar-refractivity contribution < 1.29 is 19.3 Å². The van der Waals surface area contributed by atoms with Crippen LogP contribution in [0.15, 0.2) is 36.4 Å². The number of phenols is 1. The van der Waals surface area contributed by atoms with Gasteiger partial charge >= 0.3 is 0 Å². The summed E-state index contributed by atoms with van der Waals surface area (Å²) in [6.45, 7) is 6.26. The minimum Gasteiger partial charge on any atom is -0.504 e. The number of ether oxygens (including phenoxy) is 3. The number of hydrogen-bond acceptors (Lipinski definition) is 6. The van der Waals surface area contributed by atoms with Crippen molar-refractivity contribution in [2.24, 2.45) is 0 Å². The second-order valence-corrected chi connectivity index (χ2v) is 8.15. The molecule has 1 N–H and O–H groups in total. The molecule has 0 radical (unpaired) electrons. The van der Waals surface area contributed by atoms with Crippen molar-refractivity contribution in [1.29, 1.82) is 0 Å². The Labute approximate surface area is 186 Å². The maximum absolute atomic E-state index is 10.5. The quantitative estimate of drug-likeness (QED) is 0.619. The lowest BCUT2D eigenvalue weighted by Gasteiger charge is -2.38. The highest BCUT2D eigenvalue weighted by atomic mass is 16.5. The molecule has 3 rings (SSSR count). The summed E-state index contributed by atoms with van der Waals surface area (Å²) in [7, 11) is 5.54. The van der Waals surface area contributed by atoms with Crippen LogP contribution in [0.4, 0.5) is 0 Å². The molecule has 0 aromatic heterocycles. The molecule has 1 atom stereocenters. The summed E-state index contributed by atoms with van der Waals surface area (Å²) in [5, 5.41) is 10.5. The first kappa shape index (κ1) is 23.2. The van der Waals surface area contributed by atoms with Crippen LogP contribution >= 0.6 is 0 Å². The molecule has 1 aliphatic rings. The molecule has 0 unspecified atom stereocenters. The van der Waals surface area contributed by atoms with Gasteiger partial charge in [-0.2, -0.15) is 0 Å². The number of rotatable bonds is 10. The third-order valence-electron chi connectivity index (χ3n) is 6.08. The number of likely N-dealkylation sites (tertiary alicyclic amines) is 1.